The predicted octanol–water partition coefficient (Wildman–Crippen LogP) is 3.72. The quantitative estimate of drug-likeness (QED) is 0.760. The maximum absolute atomic E-state index is 6.03. The van der Waals surface area contributed by atoms with E-state index in [1.165, 1.54) is 24.8 Å². The third kappa shape index (κ3) is 4.72. The zero-order chi connectivity index (χ0) is 19.2. The molecule has 0 radical (unpaired) electrons. The summed E-state index contributed by atoms with van der Waals surface area (Å²) in [6, 6.07) is 4.16. The van der Waals surface area contributed by atoms with E-state index in [0.29, 0.717) is 5.92 Å². The van der Waals surface area contributed by atoms with Gasteiger partial charge < -0.3 is 14.5 Å². The lowest BCUT2D eigenvalue weighted by Gasteiger charge is -2.31. The summed E-state index contributed by atoms with van der Waals surface area (Å²) in [5, 5.41) is 0. The van der Waals surface area contributed by atoms with Crippen LogP contribution in [0.1, 0.15) is 44.6 Å². The third-order valence-corrected chi connectivity index (χ3v) is 5.88. The topological polar surface area (TPSA) is 54.4 Å². The largest absolute Gasteiger partial charge is 0.492 e. The van der Waals surface area contributed by atoms with Crippen LogP contribution in [0.4, 0.5) is 11.8 Å². The van der Waals surface area contributed by atoms with Crippen molar-refractivity contribution in [3.05, 3.63) is 36.3 Å². The Hall–Kier alpha value is -2.37. The number of aromatic nitrogens is 3. The Morgan fingerprint density at radius 1 is 0.893 bits per heavy atom. The normalized spacial score (nSPS) is 18.3. The van der Waals surface area contributed by atoms with Crippen LogP contribution in [0.25, 0.3) is 0 Å². The van der Waals surface area contributed by atoms with Gasteiger partial charge in [-0.2, -0.15) is 0 Å². The maximum Gasteiger partial charge on any atom is 0.225 e. The average Bonchev–Trinajstić information content (AvgIpc) is 2.79. The van der Waals surface area contributed by atoms with E-state index in [1.54, 1.807) is 0 Å². The van der Waals surface area contributed by atoms with Crippen LogP contribution in [-0.2, 0) is 6.42 Å². The number of pyridine rings is 1. The minimum Gasteiger partial charge on any atom is -0.492 e. The lowest BCUT2D eigenvalue weighted by atomic mass is 9.98. The molecule has 0 atom stereocenters. The predicted molar refractivity (Wildman–Crippen MR) is 112 cm³/mol. The average molecular weight is 382 g/mol. The SMILES string of the molecule is CCc1cnc(N2CCC(COc3ccc(N4CCCCC4)nc3)CC2)nc1. The van der Waals surface area contributed by atoms with E-state index in [-0.39, 0.29) is 0 Å². The van der Waals surface area contributed by atoms with Gasteiger partial charge in [-0.1, -0.05) is 6.92 Å². The molecule has 0 aliphatic carbocycles. The van der Waals surface area contributed by atoms with Gasteiger partial charge >= 0.3 is 0 Å². The van der Waals surface area contributed by atoms with Gasteiger partial charge in [0.15, 0.2) is 0 Å². The zero-order valence-corrected chi connectivity index (χ0v) is 16.9. The molecule has 0 amide bonds. The number of hydrogen-bond donors (Lipinski definition) is 0. The summed E-state index contributed by atoms with van der Waals surface area (Å²) >= 11 is 0. The highest BCUT2D eigenvalue weighted by Gasteiger charge is 2.21. The van der Waals surface area contributed by atoms with Crippen molar-refractivity contribution in [2.75, 3.05) is 42.6 Å². The second-order valence-electron chi connectivity index (χ2n) is 7.89. The van der Waals surface area contributed by atoms with Crippen LogP contribution >= 0.6 is 0 Å². The highest BCUT2D eigenvalue weighted by atomic mass is 16.5. The molecule has 2 aromatic rings. The fourth-order valence-electron chi connectivity index (χ4n) is 3.98. The summed E-state index contributed by atoms with van der Waals surface area (Å²) < 4.78 is 6.03. The summed E-state index contributed by atoms with van der Waals surface area (Å²) in [5.74, 6) is 3.39. The van der Waals surface area contributed by atoms with Gasteiger partial charge in [0.05, 0.1) is 12.8 Å². The molecule has 4 rings (SSSR count). The van der Waals surface area contributed by atoms with Crippen molar-refractivity contribution in [2.24, 2.45) is 5.92 Å². The second-order valence-corrected chi connectivity index (χ2v) is 7.89. The van der Waals surface area contributed by atoms with Gasteiger partial charge in [-0.3, -0.25) is 0 Å². The molecule has 0 spiro atoms. The van der Waals surface area contributed by atoms with E-state index in [1.807, 2.05) is 18.6 Å². The minimum atomic E-state index is 0.577. The van der Waals surface area contributed by atoms with Gasteiger partial charge in [0.25, 0.3) is 0 Å². The Morgan fingerprint density at radius 3 is 2.29 bits per heavy atom. The molecule has 2 saturated heterocycles. The molecule has 150 valence electrons. The Bertz CT molecular complexity index is 720. The molecule has 4 heterocycles. The minimum absolute atomic E-state index is 0.577. The van der Waals surface area contributed by atoms with E-state index >= 15 is 0 Å². The molecule has 0 N–H and O–H groups in total. The number of aryl methyl sites for hydroxylation is 1. The van der Waals surface area contributed by atoms with Crippen LogP contribution in [0.2, 0.25) is 0 Å². The lowest BCUT2D eigenvalue weighted by Crippen LogP contribution is -2.36. The molecule has 6 nitrogen and oxygen atoms in total. The summed E-state index contributed by atoms with van der Waals surface area (Å²) in [5.41, 5.74) is 1.19. The number of piperidine rings is 2. The van der Waals surface area contributed by atoms with Crippen LogP contribution in [-0.4, -0.2) is 47.7 Å². The zero-order valence-electron chi connectivity index (χ0n) is 16.9. The Kier molecular flexibility index (Phi) is 6.24. The number of anilines is 2. The summed E-state index contributed by atoms with van der Waals surface area (Å²) in [6.45, 7) is 7.11. The molecule has 28 heavy (non-hydrogen) atoms. The Balaban J connectivity index is 1.22. The first-order valence-corrected chi connectivity index (χ1v) is 10.7. The van der Waals surface area contributed by atoms with Crippen LogP contribution in [0.3, 0.4) is 0 Å². The van der Waals surface area contributed by atoms with Gasteiger partial charge in [-0.05, 0) is 62.1 Å². The van der Waals surface area contributed by atoms with Crippen molar-refractivity contribution in [1.82, 2.24) is 15.0 Å². The molecule has 2 aliphatic rings. The number of nitrogens with zero attached hydrogens (tertiary/aromatic N) is 5. The van der Waals surface area contributed by atoms with E-state index in [2.05, 4.69) is 43.8 Å². The summed E-state index contributed by atoms with van der Waals surface area (Å²) in [4.78, 5) is 18.3. The van der Waals surface area contributed by atoms with Gasteiger partial charge in [0.2, 0.25) is 5.95 Å². The molecule has 0 bridgehead atoms. The molecular weight excluding hydrogens is 350 g/mol. The molecule has 2 aromatic heterocycles. The molecule has 0 unspecified atom stereocenters. The molecule has 2 fully saturated rings. The van der Waals surface area contributed by atoms with Gasteiger partial charge in [0.1, 0.15) is 11.6 Å². The fourth-order valence-corrected chi connectivity index (χ4v) is 3.98. The third-order valence-electron chi connectivity index (χ3n) is 5.88. The monoisotopic (exact) mass is 381 g/mol. The van der Waals surface area contributed by atoms with Crippen LogP contribution in [0.15, 0.2) is 30.7 Å². The van der Waals surface area contributed by atoms with Crippen molar-refractivity contribution < 1.29 is 4.74 Å². The number of hydrogen-bond acceptors (Lipinski definition) is 6. The van der Waals surface area contributed by atoms with Crippen molar-refractivity contribution in [1.29, 1.82) is 0 Å². The molecule has 0 aromatic carbocycles. The lowest BCUT2D eigenvalue weighted by molar-refractivity contribution is 0.222. The van der Waals surface area contributed by atoms with Gasteiger partial charge in [0, 0.05) is 38.6 Å². The molecule has 0 saturated carbocycles. The molecule has 2 aliphatic heterocycles. The highest BCUT2D eigenvalue weighted by molar-refractivity contribution is 5.41. The first-order chi connectivity index (χ1) is 13.8. The van der Waals surface area contributed by atoms with Gasteiger partial charge in [-0.25, -0.2) is 15.0 Å². The Morgan fingerprint density at radius 2 is 1.64 bits per heavy atom. The van der Waals surface area contributed by atoms with E-state index < -0.39 is 0 Å². The van der Waals surface area contributed by atoms with Crippen molar-refractivity contribution in [3.8, 4) is 5.75 Å². The van der Waals surface area contributed by atoms with Crippen LogP contribution in [0.5, 0.6) is 5.75 Å². The van der Waals surface area contributed by atoms with Crippen molar-refractivity contribution in [3.63, 3.8) is 0 Å². The maximum atomic E-state index is 6.03. The first-order valence-electron chi connectivity index (χ1n) is 10.7. The molecule has 6 heteroatoms. The Labute approximate surface area is 168 Å². The van der Waals surface area contributed by atoms with Crippen molar-refractivity contribution in [2.45, 2.75) is 45.4 Å². The van der Waals surface area contributed by atoms with E-state index in [9.17, 15) is 0 Å². The van der Waals surface area contributed by atoms with Crippen LogP contribution < -0.4 is 14.5 Å². The van der Waals surface area contributed by atoms with Crippen LogP contribution in [0, 0.1) is 5.92 Å². The first kappa shape index (κ1) is 19.0. The number of ether oxygens (including phenoxy) is 1. The molecular formula is C22H31N5O. The van der Waals surface area contributed by atoms with E-state index in [4.69, 9.17) is 4.74 Å². The smallest absolute Gasteiger partial charge is 0.225 e. The van der Waals surface area contributed by atoms with E-state index in [0.717, 1.165) is 69.6 Å². The second kappa shape index (κ2) is 9.22. The summed E-state index contributed by atoms with van der Waals surface area (Å²) in [6.07, 6.45) is 12.8. The standard InChI is InChI=1S/C22H31N5O/c1-2-18-14-24-22(25-15-18)27-12-8-19(9-13-27)17-28-20-6-7-21(23-16-20)26-10-4-3-5-11-26/h6-7,14-16,19H,2-5,8-13,17H2,1H3. The fraction of sp³-hybridized carbons (Fsp3) is 0.591. The summed E-state index contributed by atoms with van der Waals surface area (Å²) in [7, 11) is 0. The van der Waals surface area contributed by atoms with Crippen molar-refractivity contribution >= 4 is 11.8 Å². The highest BCUT2D eigenvalue weighted by Crippen LogP contribution is 2.23. The number of rotatable bonds is 6. The van der Waals surface area contributed by atoms with Gasteiger partial charge in [-0.15, -0.1) is 0 Å².